The van der Waals surface area contributed by atoms with Gasteiger partial charge in [0.15, 0.2) is 0 Å². The number of ether oxygens (including phenoxy) is 1. The van der Waals surface area contributed by atoms with E-state index in [2.05, 4.69) is 55.1 Å². The van der Waals surface area contributed by atoms with Gasteiger partial charge in [-0.3, -0.25) is 4.98 Å². The van der Waals surface area contributed by atoms with Crippen molar-refractivity contribution in [3.63, 3.8) is 0 Å². The second kappa shape index (κ2) is 7.12. The van der Waals surface area contributed by atoms with Gasteiger partial charge in [-0.25, -0.2) is 0 Å². The van der Waals surface area contributed by atoms with Gasteiger partial charge in [0.1, 0.15) is 5.75 Å². The molecule has 2 aromatic carbocycles. The van der Waals surface area contributed by atoms with Gasteiger partial charge >= 0.3 is 0 Å². The number of fused-ring (bicyclic) bond motifs is 4. The Balaban J connectivity index is 1.63. The SMILES string of the molecule is Cc1nc2c(C)c3c1CN(C3)c1cccc3ccc(cc13)OCCCCCC2. The van der Waals surface area contributed by atoms with E-state index in [1.165, 1.54) is 63.8 Å². The minimum Gasteiger partial charge on any atom is -0.494 e. The fraction of sp³-hybridized carbons (Fsp3) is 0.400. The Morgan fingerprint density at radius 2 is 1.79 bits per heavy atom. The Hall–Kier alpha value is -2.55. The van der Waals surface area contributed by atoms with E-state index in [1.54, 1.807) is 0 Å². The van der Waals surface area contributed by atoms with Crippen LogP contribution in [-0.2, 0) is 19.5 Å². The van der Waals surface area contributed by atoms with Crippen LogP contribution < -0.4 is 9.64 Å². The highest BCUT2D eigenvalue weighted by molar-refractivity contribution is 5.95. The lowest BCUT2D eigenvalue weighted by atomic mass is 9.99. The molecule has 2 aliphatic heterocycles. The summed E-state index contributed by atoms with van der Waals surface area (Å²) in [5.41, 5.74) is 8.16. The highest BCUT2D eigenvalue weighted by Crippen LogP contribution is 2.37. The molecular weight excluding hydrogens is 344 g/mol. The predicted molar refractivity (Wildman–Crippen MR) is 115 cm³/mol. The van der Waals surface area contributed by atoms with Crippen LogP contribution in [0.25, 0.3) is 10.8 Å². The number of hydrogen-bond donors (Lipinski definition) is 0. The number of rotatable bonds is 0. The van der Waals surface area contributed by atoms with E-state index in [0.717, 1.165) is 38.3 Å². The van der Waals surface area contributed by atoms with Crippen LogP contribution in [0.5, 0.6) is 5.75 Å². The average molecular weight is 373 g/mol. The van der Waals surface area contributed by atoms with Crippen LogP contribution in [0.15, 0.2) is 36.4 Å². The van der Waals surface area contributed by atoms with Gasteiger partial charge in [-0.15, -0.1) is 0 Å². The van der Waals surface area contributed by atoms with E-state index in [4.69, 9.17) is 9.72 Å². The molecule has 2 aliphatic rings. The van der Waals surface area contributed by atoms with Crippen molar-refractivity contribution in [3.8, 4) is 5.75 Å². The fourth-order valence-electron chi connectivity index (χ4n) is 4.79. The summed E-state index contributed by atoms with van der Waals surface area (Å²) in [7, 11) is 0. The number of anilines is 1. The Kier molecular flexibility index (Phi) is 4.46. The largest absolute Gasteiger partial charge is 0.494 e. The second-order valence-electron chi connectivity index (χ2n) is 8.25. The molecule has 0 atom stereocenters. The number of aromatic nitrogens is 1. The van der Waals surface area contributed by atoms with Crippen molar-refractivity contribution < 1.29 is 4.74 Å². The first-order valence-corrected chi connectivity index (χ1v) is 10.6. The molecule has 3 heteroatoms. The van der Waals surface area contributed by atoms with Crippen LogP contribution in [0.1, 0.15) is 53.8 Å². The lowest BCUT2D eigenvalue weighted by Gasteiger charge is -2.21. The lowest BCUT2D eigenvalue weighted by molar-refractivity contribution is 0.305. The van der Waals surface area contributed by atoms with Crippen molar-refractivity contribution in [2.45, 2.75) is 59.0 Å². The second-order valence-corrected chi connectivity index (χ2v) is 8.25. The van der Waals surface area contributed by atoms with Crippen molar-refractivity contribution in [2.24, 2.45) is 0 Å². The van der Waals surface area contributed by atoms with Crippen molar-refractivity contribution in [1.29, 1.82) is 0 Å². The molecule has 3 heterocycles. The fourth-order valence-corrected chi connectivity index (χ4v) is 4.79. The Labute approximate surface area is 167 Å². The molecule has 5 rings (SSSR count). The van der Waals surface area contributed by atoms with E-state index in [9.17, 15) is 0 Å². The molecule has 0 spiro atoms. The standard InChI is InChI=1S/C25H28N2O/c1-17-22-15-27-16-23(22)18(2)26-24(17)9-5-3-4-6-13-28-20-12-11-19-8-7-10-25(27)21(19)14-20/h7-8,10-12,14H,3-6,9,13,15-16H2,1-2H3. The molecule has 5 bridgehead atoms. The normalized spacial score (nSPS) is 16.7. The molecular formula is C25H28N2O. The maximum atomic E-state index is 6.07. The summed E-state index contributed by atoms with van der Waals surface area (Å²) in [6.07, 6.45) is 5.88. The molecule has 3 nitrogen and oxygen atoms in total. The maximum absolute atomic E-state index is 6.07. The van der Waals surface area contributed by atoms with Crippen LogP contribution in [0, 0.1) is 13.8 Å². The van der Waals surface area contributed by atoms with E-state index < -0.39 is 0 Å². The van der Waals surface area contributed by atoms with Gasteiger partial charge in [0.05, 0.1) is 6.61 Å². The molecule has 0 N–H and O–H groups in total. The first kappa shape index (κ1) is 17.5. The molecule has 0 aliphatic carbocycles. The van der Waals surface area contributed by atoms with Gasteiger partial charge in [0, 0.05) is 35.6 Å². The summed E-state index contributed by atoms with van der Waals surface area (Å²) in [6.45, 7) is 7.18. The van der Waals surface area contributed by atoms with E-state index in [0.29, 0.717) is 0 Å². The van der Waals surface area contributed by atoms with Crippen LogP contribution in [-0.4, -0.2) is 11.6 Å². The van der Waals surface area contributed by atoms with E-state index >= 15 is 0 Å². The Bertz CT molecular complexity index is 1040. The summed E-state index contributed by atoms with van der Waals surface area (Å²) >= 11 is 0. The van der Waals surface area contributed by atoms with Gasteiger partial charge < -0.3 is 9.64 Å². The number of pyridine rings is 1. The smallest absolute Gasteiger partial charge is 0.120 e. The molecule has 0 saturated carbocycles. The average Bonchev–Trinajstić information content (AvgIpc) is 3.16. The van der Waals surface area contributed by atoms with Crippen LogP contribution in [0.3, 0.4) is 0 Å². The predicted octanol–water partition coefficient (Wildman–Crippen LogP) is 5.87. The topological polar surface area (TPSA) is 25.4 Å². The molecule has 0 saturated heterocycles. The highest BCUT2D eigenvalue weighted by atomic mass is 16.5. The van der Waals surface area contributed by atoms with Crippen molar-refractivity contribution in [3.05, 3.63) is 64.5 Å². The number of nitrogens with zero attached hydrogens (tertiary/aromatic N) is 2. The molecule has 0 radical (unpaired) electrons. The van der Waals surface area contributed by atoms with Gasteiger partial charge in [0.2, 0.25) is 0 Å². The molecule has 0 amide bonds. The Morgan fingerprint density at radius 3 is 2.71 bits per heavy atom. The van der Waals surface area contributed by atoms with Crippen molar-refractivity contribution in [2.75, 3.05) is 11.5 Å². The molecule has 28 heavy (non-hydrogen) atoms. The molecule has 144 valence electrons. The van der Waals surface area contributed by atoms with Crippen molar-refractivity contribution >= 4 is 16.5 Å². The van der Waals surface area contributed by atoms with E-state index in [1.807, 2.05) is 0 Å². The monoisotopic (exact) mass is 372 g/mol. The first-order chi connectivity index (χ1) is 13.7. The quantitative estimate of drug-likeness (QED) is 0.494. The van der Waals surface area contributed by atoms with Crippen LogP contribution in [0.2, 0.25) is 0 Å². The van der Waals surface area contributed by atoms with Gasteiger partial charge in [-0.05, 0) is 73.4 Å². The molecule has 0 unspecified atom stereocenters. The number of hydrogen-bond acceptors (Lipinski definition) is 3. The van der Waals surface area contributed by atoms with Gasteiger partial charge in [-0.1, -0.05) is 31.0 Å². The maximum Gasteiger partial charge on any atom is 0.120 e. The van der Waals surface area contributed by atoms with Gasteiger partial charge in [0.25, 0.3) is 0 Å². The van der Waals surface area contributed by atoms with Crippen LogP contribution >= 0.6 is 0 Å². The lowest BCUT2D eigenvalue weighted by Crippen LogP contribution is -2.15. The van der Waals surface area contributed by atoms with E-state index in [-0.39, 0.29) is 0 Å². The minimum atomic E-state index is 0.798. The number of aryl methyl sites for hydroxylation is 2. The zero-order valence-electron chi connectivity index (χ0n) is 16.9. The molecule has 1 aromatic heterocycles. The Morgan fingerprint density at radius 1 is 0.929 bits per heavy atom. The van der Waals surface area contributed by atoms with Gasteiger partial charge in [-0.2, -0.15) is 0 Å². The summed E-state index contributed by atoms with van der Waals surface area (Å²) in [6, 6.07) is 13.1. The third-order valence-corrected chi connectivity index (χ3v) is 6.44. The summed E-state index contributed by atoms with van der Waals surface area (Å²) in [5, 5.41) is 2.55. The third kappa shape index (κ3) is 3.03. The summed E-state index contributed by atoms with van der Waals surface area (Å²) < 4.78 is 6.07. The molecule has 3 aromatic rings. The number of benzene rings is 2. The zero-order valence-corrected chi connectivity index (χ0v) is 16.9. The molecule has 0 fully saturated rings. The highest BCUT2D eigenvalue weighted by Gasteiger charge is 2.26. The first-order valence-electron chi connectivity index (χ1n) is 10.6. The zero-order chi connectivity index (χ0) is 19.1. The summed E-state index contributed by atoms with van der Waals surface area (Å²) in [5.74, 6) is 0.986. The van der Waals surface area contributed by atoms with Crippen LogP contribution in [0.4, 0.5) is 5.69 Å². The minimum absolute atomic E-state index is 0.798. The third-order valence-electron chi connectivity index (χ3n) is 6.44. The summed E-state index contributed by atoms with van der Waals surface area (Å²) in [4.78, 5) is 7.52. The van der Waals surface area contributed by atoms with Crippen molar-refractivity contribution in [1.82, 2.24) is 4.98 Å².